The Hall–Kier alpha value is -4.03. The molecule has 7 rings (SSSR count). The Bertz CT molecular complexity index is 1560. The lowest BCUT2D eigenvalue weighted by atomic mass is 9.61. The third kappa shape index (κ3) is 3.89. The fourth-order valence-electron chi connectivity index (χ4n) is 6.04. The largest absolute Gasteiger partial charge is 0.481 e. The highest BCUT2D eigenvalue weighted by Crippen LogP contribution is 2.47. The molecule has 3 N–H and O–H groups in total. The summed E-state index contributed by atoms with van der Waals surface area (Å²) in [6.45, 7) is 0. The number of fused-ring (bicyclic) bond motifs is 4. The molecule has 3 saturated carbocycles. The molecular weight excluding hydrogens is 495 g/mol. The number of hydrogen-bond donors (Lipinski definition) is 3. The maximum absolute atomic E-state index is 16.2. The first-order valence-electron chi connectivity index (χ1n) is 12.1. The molecule has 0 saturated heterocycles. The zero-order valence-electron chi connectivity index (χ0n) is 19.6. The van der Waals surface area contributed by atoms with Gasteiger partial charge in [0.05, 0.1) is 16.5 Å². The van der Waals surface area contributed by atoms with Crippen LogP contribution in [0.2, 0.25) is 5.02 Å². The Morgan fingerprint density at radius 2 is 1.89 bits per heavy atom. The van der Waals surface area contributed by atoms with Crippen LogP contribution in [0.5, 0.6) is 0 Å². The number of hydrogen-bond acceptors (Lipinski definition) is 6. The molecule has 0 radical (unpaired) electrons. The summed E-state index contributed by atoms with van der Waals surface area (Å²) in [5, 5.41) is 31.5. The number of halogens is 2. The number of rotatable bonds is 5. The zero-order valence-corrected chi connectivity index (χ0v) is 20.3. The van der Waals surface area contributed by atoms with Crippen molar-refractivity contribution in [1.29, 1.82) is 5.26 Å². The standard InChI is InChI=1S/C27H22ClFN6O2/c28-16-10-17-24(34-35-25(17)31-12-16)23-18(11-30)19(13-4-2-1-3-5-13)21(29)26(33-23)32-22-15-8-6-14(7-9-15)20(22)27(36)37/h1-5,10,12,14-15,20,22H,6-9H2,(H,32,33)(H,36,37)(H,31,34,35)/t14?,15?,20-,22-/m0/s1. The number of carbonyl (C=O) groups is 1. The summed E-state index contributed by atoms with van der Waals surface area (Å²) in [5.74, 6) is -2.18. The van der Waals surface area contributed by atoms with Crippen molar-refractivity contribution in [3.8, 4) is 28.6 Å². The predicted octanol–water partition coefficient (Wildman–Crippen LogP) is 5.65. The number of anilines is 1. The lowest BCUT2D eigenvalue weighted by Gasteiger charge is -2.47. The summed E-state index contributed by atoms with van der Waals surface area (Å²) in [4.78, 5) is 21.0. The SMILES string of the molecule is N#Cc1c(-c2n[nH]c3ncc(Cl)cc23)nc(N[C@H]2C3CCC(CC3)[C@@H]2C(=O)O)c(F)c1-c1ccccc1. The Balaban J connectivity index is 1.57. The molecule has 0 aliphatic heterocycles. The van der Waals surface area contributed by atoms with Crippen LogP contribution < -0.4 is 5.32 Å². The van der Waals surface area contributed by atoms with Crippen molar-refractivity contribution >= 4 is 34.4 Å². The van der Waals surface area contributed by atoms with Crippen molar-refractivity contribution in [3.63, 3.8) is 0 Å². The second-order valence-electron chi connectivity index (χ2n) is 9.68. The number of carboxylic acids is 1. The van der Waals surface area contributed by atoms with E-state index >= 15 is 4.39 Å². The lowest BCUT2D eigenvalue weighted by molar-refractivity contribution is -0.148. The number of aromatic amines is 1. The van der Waals surface area contributed by atoms with Gasteiger partial charge in [-0.2, -0.15) is 10.4 Å². The van der Waals surface area contributed by atoms with Gasteiger partial charge in [-0.15, -0.1) is 0 Å². The van der Waals surface area contributed by atoms with Gasteiger partial charge in [-0.3, -0.25) is 9.89 Å². The van der Waals surface area contributed by atoms with Gasteiger partial charge in [0.1, 0.15) is 17.5 Å². The van der Waals surface area contributed by atoms with Crippen molar-refractivity contribution in [1.82, 2.24) is 20.2 Å². The second kappa shape index (κ2) is 9.12. The van der Waals surface area contributed by atoms with E-state index in [4.69, 9.17) is 11.6 Å². The first-order valence-corrected chi connectivity index (χ1v) is 12.5. The number of benzene rings is 1. The normalized spacial score (nSPS) is 22.6. The van der Waals surface area contributed by atoms with Crippen LogP contribution in [0.3, 0.4) is 0 Å². The molecule has 186 valence electrons. The molecule has 0 amide bonds. The van der Waals surface area contributed by atoms with E-state index in [0.29, 0.717) is 27.3 Å². The molecule has 4 aromatic rings. The highest BCUT2D eigenvalue weighted by atomic mass is 35.5. The number of H-pyrrole nitrogens is 1. The van der Waals surface area contributed by atoms with Crippen LogP contribution in [0, 0.1) is 34.9 Å². The van der Waals surface area contributed by atoms with E-state index in [2.05, 4.69) is 31.6 Å². The van der Waals surface area contributed by atoms with E-state index < -0.39 is 23.7 Å². The van der Waals surface area contributed by atoms with Gasteiger partial charge in [-0.1, -0.05) is 41.9 Å². The highest BCUT2D eigenvalue weighted by Gasteiger charge is 2.47. The molecule has 0 spiro atoms. The van der Waals surface area contributed by atoms with E-state index in [9.17, 15) is 15.2 Å². The van der Waals surface area contributed by atoms with Crippen molar-refractivity contribution in [2.45, 2.75) is 31.7 Å². The molecule has 3 aliphatic carbocycles. The van der Waals surface area contributed by atoms with E-state index in [0.717, 1.165) is 25.7 Å². The monoisotopic (exact) mass is 516 g/mol. The summed E-state index contributed by atoms with van der Waals surface area (Å²) in [6, 6.07) is 12.1. The van der Waals surface area contributed by atoms with Crippen LogP contribution in [0.25, 0.3) is 33.5 Å². The van der Waals surface area contributed by atoms with Crippen LogP contribution >= 0.6 is 11.6 Å². The van der Waals surface area contributed by atoms with Crippen LogP contribution in [-0.4, -0.2) is 37.3 Å². The number of nitrogens with one attached hydrogen (secondary N) is 2. The molecule has 37 heavy (non-hydrogen) atoms. The van der Waals surface area contributed by atoms with E-state index in [1.54, 1.807) is 36.4 Å². The van der Waals surface area contributed by atoms with Crippen molar-refractivity contribution in [2.24, 2.45) is 17.8 Å². The number of carboxylic acid groups (broad SMARTS) is 1. The number of pyridine rings is 2. The first-order chi connectivity index (χ1) is 18.0. The van der Waals surface area contributed by atoms with Gasteiger partial charge < -0.3 is 10.4 Å². The Morgan fingerprint density at radius 1 is 1.16 bits per heavy atom. The third-order valence-electron chi connectivity index (χ3n) is 7.73. The van der Waals surface area contributed by atoms with Gasteiger partial charge in [0.2, 0.25) is 0 Å². The Morgan fingerprint density at radius 3 is 2.59 bits per heavy atom. The number of nitriles is 1. The smallest absolute Gasteiger partial charge is 0.308 e. The molecule has 2 bridgehead atoms. The van der Waals surface area contributed by atoms with Gasteiger partial charge in [-0.05, 0) is 49.1 Å². The molecule has 10 heteroatoms. The van der Waals surface area contributed by atoms with Crippen molar-refractivity contribution in [2.75, 3.05) is 5.32 Å². The lowest BCUT2D eigenvalue weighted by Crippen LogP contribution is -2.51. The van der Waals surface area contributed by atoms with Crippen LogP contribution in [-0.2, 0) is 4.79 Å². The quantitative estimate of drug-likeness (QED) is 0.312. The van der Waals surface area contributed by atoms with Crippen molar-refractivity contribution < 1.29 is 14.3 Å². The molecule has 1 aromatic carbocycles. The van der Waals surface area contributed by atoms with Gasteiger partial charge in [-0.25, -0.2) is 14.4 Å². The molecular formula is C27H22ClFN6O2. The summed E-state index contributed by atoms with van der Waals surface area (Å²) < 4.78 is 16.2. The first kappa shape index (κ1) is 23.4. The minimum atomic E-state index is -0.886. The summed E-state index contributed by atoms with van der Waals surface area (Å²) in [7, 11) is 0. The highest BCUT2D eigenvalue weighted by molar-refractivity contribution is 6.31. The third-order valence-corrected chi connectivity index (χ3v) is 7.93. The molecule has 8 nitrogen and oxygen atoms in total. The molecule has 3 aliphatic rings. The predicted molar refractivity (Wildman–Crippen MR) is 136 cm³/mol. The van der Waals surface area contributed by atoms with Gasteiger partial charge in [0.15, 0.2) is 17.3 Å². The molecule has 0 unspecified atom stereocenters. The van der Waals surface area contributed by atoms with Gasteiger partial charge in [0, 0.05) is 23.2 Å². The fraction of sp³-hybridized carbons (Fsp3) is 0.296. The topological polar surface area (TPSA) is 128 Å². The summed E-state index contributed by atoms with van der Waals surface area (Å²) in [6.07, 6.45) is 4.96. The molecule has 3 aromatic heterocycles. The van der Waals surface area contributed by atoms with E-state index in [1.807, 2.05) is 0 Å². The number of aliphatic carboxylic acids is 1. The minimum absolute atomic E-state index is 0.0163. The van der Waals surface area contributed by atoms with E-state index in [1.165, 1.54) is 6.20 Å². The van der Waals surface area contributed by atoms with Gasteiger partial charge >= 0.3 is 5.97 Å². The van der Waals surface area contributed by atoms with Crippen molar-refractivity contribution in [3.05, 3.63) is 59.0 Å². The zero-order chi connectivity index (χ0) is 25.7. The Labute approximate surface area is 216 Å². The molecule has 3 fully saturated rings. The summed E-state index contributed by atoms with van der Waals surface area (Å²) in [5.41, 5.74) is 1.51. The minimum Gasteiger partial charge on any atom is -0.481 e. The maximum Gasteiger partial charge on any atom is 0.308 e. The summed E-state index contributed by atoms with van der Waals surface area (Å²) >= 11 is 6.19. The number of nitrogens with zero attached hydrogens (tertiary/aromatic N) is 4. The van der Waals surface area contributed by atoms with Crippen LogP contribution in [0.15, 0.2) is 42.6 Å². The maximum atomic E-state index is 16.2. The number of aromatic nitrogens is 4. The second-order valence-corrected chi connectivity index (χ2v) is 10.1. The molecule has 3 heterocycles. The van der Waals surface area contributed by atoms with Crippen LogP contribution in [0.4, 0.5) is 10.2 Å². The Kier molecular flexibility index (Phi) is 5.76. The molecule has 2 atom stereocenters. The van der Waals surface area contributed by atoms with Gasteiger partial charge in [0.25, 0.3) is 0 Å². The van der Waals surface area contributed by atoms with Crippen LogP contribution in [0.1, 0.15) is 31.2 Å². The fourth-order valence-corrected chi connectivity index (χ4v) is 6.20. The average molecular weight is 517 g/mol. The average Bonchev–Trinajstić information content (AvgIpc) is 3.33. The van der Waals surface area contributed by atoms with E-state index in [-0.39, 0.29) is 34.5 Å².